The van der Waals surface area contributed by atoms with E-state index in [4.69, 9.17) is 4.74 Å². The third kappa shape index (κ3) is 4.32. The average Bonchev–Trinajstić information content (AvgIpc) is 2.36. The van der Waals surface area contributed by atoms with Gasteiger partial charge in [0.15, 0.2) is 0 Å². The number of rotatable bonds is 1. The molecule has 2 aliphatic heterocycles. The van der Waals surface area contributed by atoms with Gasteiger partial charge in [0.2, 0.25) is 5.91 Å². The van der Waals surface area contributed by atoms with E-state index < -0.39 is 17.9 Å². The van der Waals surface area contributed by atoms with Gasteiger partial charge in [0.05, 0.1) is 12.6 Å². The summed E-state index contributed by atoms with van der Waals surface area (Å²) < 4.78 is 19.3. The van der Waals surface area contributed by atoms with Crippen molar-refractivity contribution in [3.63, 3.8) is 0 Å². The van der Waals surface area contributed by atoms with E-state index in [0.29, 0.717) is 25.9 Å². The maximum atomic E-state index is 14.0. The standard InChI is InChI=1S/C15H25FN2O3/c1-15(2,3)21-14(20)17-9-11(16)8-12(10-17)18-7-5-4-6-13(18)19/h11-12H,4-10H2,1-3H3/t11-,12+/m0/s1. The minimum Gasteiger partial charge on any atom is -0.444 e. The van der Waals surface area contributed by atoms with Gasteiger partial charge in [-0.15, -0.1) is 0 Å². The van der Waals surface area contributed by atoms with Crippen LogP contribution in [0.4, 0.5) is 9.18 Å². The summed E-state index contributed by atoms with van der Waals surface area (Å²) in [7, 11) is 0. The van der Waals surface area contributed by atoms with Crippen LogP contribution in [0, 0.1) is 0 Å². The molecule has 0 N–H and O–H groups in total. The Morgan fingerprint density at radius 3 is 2.62 bits per heavy atom. The SMILES string of the molecule is CC(C)(C)OC(=O)N1C[C@@H](F)C[C@@H](N2CCCCC2=O)C1. The minimum absolute atomic E-state index is 0.0491. The molecular formula is C15H25FN2O3. The van der Waals surface area contributed by atoms with Crippen molar-refractivity contribution >= 4 is 12.0 Å². The number of ether oxygens (including phenoxy) is 1. The third-order valence-electron chi connectivity index (χ3n) is 3.83. The Morgan fingerprint density at radius 2 is 2.00 bits per heavy atom. The lowest BCUT2D eigenvalue weighted by molar-refractivity contribution is -0.137. The van der Waals surface area contributed by atoms with Gasteiger partial charge in [0.1, 0.15) is 11.8 Å². The van der Waals surface area contributed by atoms with E-state index in [1.54, 1.807) is 25.7 Å². The first-order valence-electron chi connectivity index (χ1n) is 7.68. The monoisotopic (exact) mass is 300 g/mol. The van der Waals surface area contributed by atoms with E-state index in [2.05, 4.69) is 0 Å². The van der Waals surface area contributed by atoms with E-state index in [0.717, 1.165) is 12.8 Å². The van der Waals surface area contributed by atoms with Gasteiger partial charge in [-0.3, -0.25) is 4.79 Å². The predicted molar refractivity (Wildman–Crippen MR) is 76.7 cm³/mol. The first-order chi connectivity index (χ1) is 9.76. The summed E-state index contributed by atoms with van der Waals surface area (Å²) in [6, 6.07) is -0.228. The zero-order valence-corrected chi connectivity index (χ0v) is 13.1. The predicted octanol–water partition coefficient (Wildman–Crippen LogP) is 2.35. The fourth-order valence-electron chi connectivity index (χ4n) is 2.93. The number of hydrogen-bond donors (Lipinski definition) is 0. The topological polar surface area (TPSA) is 49.9 Å². The van der Waals surface area contributed by atoms with E-state index in [1.807, 2.05) is 0 Å². The zero-order chi connectivity index (χ0) is 15.6. The average molecular weight is 300 g/mol. The van der Waals surface area contributed by atoms with Crippen molar-refractivity contribution in [3.8, 4) is 0 Å². The third-order valence-corrected chi connectivity index (χ3v) is 3.83. The smallest absolute Gasteiger partial charge is 0.410 e. The minimum atomic E-state index is -1.11. The van der Waals surface area contributed by atoms with Crippen LogP contribution < -0.4 is 0 Å². The Kier molecular flexibility index (Phi) is 4.74. The van der Waals surface area contributed by atoms with Crippen molar-refractivity contribution in [1.82, 2.24) is 9.80 Å². The van der Waals surface area contributed by atoms with Crippen molar-refractivity contribution in [3.05, 3.63) is 0 Å². The van der Waals surface area contributed by atoms with Gasteiger partial charge < -0.3 is 14.5 Å². The molecule has 120 valence electrons. The van der Waals surface area contributed by atoms with Gasteiger partial charge in [-0.25, -0.2) is 9.18 Å². The molecule has 0 aliphatic carbocycles. The fraction of sp³-hybridized carbons (Fsp3) is 0.867. The zero-order valence-electron chi connectivity index (χ0n) is 13.1. The Morgan fingerprint density at radius 1 is 1.29 bits per heavy atom. The molecule has 0 bridgehead atoms. The van der Waals surface area contributed by atoms with Crippen LogP contribution >= 0.6 is 0 Å². The summed E-state index contributed by atoms with van der Waals surface area (Å²) >= 11 is 0. The molecule has 0 radical (unpaired) electrons. The summed E-state index contributed by atoms with van der Waals surface area (Å²) in [6.45, 7) is 6.43. The molecule has 5 nitrogen and oxygen atoms in total. The van der Waals surface area contributed by atoms with E-state index >= 15 is 0 Å². The number of alkyl halides is 1. The summed E-state index contributed by atoms with van der Waals surface area (Å²) in [5.74, 6) is 0.0736. The van der Waals surface area contributed by atoms with Crippen molar-refractivity contribution in [2.75, 3.05) is 19.6 Å². The normalized spacial score (nSPS) is 27.7. The number of piperidine rings is 2. The Bertz CT molecular complexity index is 408. The molecule has 0 saturated carbocycles. The highest BCUT2D eigenvalue weighted by molar-refractivity contribution is 5.77. The van der Waals surface area contributed by atoms with Crippen LogP contribution in [-0.2, 0) is 9.53 Å². The molecule has 0 aromatic carbocycles. The molecule has 2 fully saturated rings. The van der Waals surface area contributed by atoms with Gasteiger partial charge in [0.25, 0.3) is 0 Å². The summed E-state index contributed by atoms with van der Waals surface area (Å²) in [6.07, 6.45) is 1.08. The van der Waals surface area contributed by atoms with Crippen LogP contribution in [0.1, 0.15) is 46.5 Å². The molecule has 0 aromatic rings. The number of carbonyl (C=O) groups is 2. The van der Waals surface area contributed by atoms with Crippen LogP contribution in [-0.4, -0.2) is 59.2 Å². The highest BCUT2D eigenvalue weighted by Gasteiger charge is 2.37. The van der Waals surface area contributed by atoms with Gasteiger partial charge in [-0.2, -0.15) is 0 Å². The van der Waals surface area contributed by atoms with E-state index in [9.17, 15) is 14.0 Å². The highest BCUT2D eigenvalue weighted by atomic mass is 19.1. The number of hydrogen-bond acceptors (Lipinski definition) is 3. The van der Waals surface area contributed by atoms with Gasteiger partial charge >= 0.3 is 6.09 Å². The van der Waals surface area contributed by atoms with Crippen LogP contribution in [0.25, 0.3) is 0 Å². The van der Waals surface area contributed by atoms with Crippen LogP contribution in [0.2, 0.25) is 0 Å². The Labute approximate surface area is 125 Å². The van der Waals surface area contributed by atoms with Crippen LogP contribution in [0.3, 0.4) is 0 Å². The lowest BCUT2D eigenvalue weighted by Crippen LogP contribution is -2.56. The van der Waals surface area contributed by atoms with Crippen molar-refractivity contribution in [1.29, 1.82) is 0 Å². The molecule has 21 heavy (non-hydrogen) atoms. The number of nitrogens with zero attached hydrogens (tertiary/aromatic N) is 2. The van der Waals surface area contributed by atoms with Gasteiger partial charge in [0, 0.05) is 25.9 Å². The highest BCUT2D eigenvalue weighted by Crippen LogP contribution is 2.24. The quantitative estimate of drug-likeness (QED) is 0.747. The first kappa shape index (κ1) is 16.0. The number of halogens is 1. The molecule has 6 heteroatoms. The molecule has 2 atom stereocenters. The van der Waals surface area contributed by atoms with Gasteiger partial charge in [-0.1, -0.05) is 0 Å². The summed E-state index contributed by atoms with van der Waals surface area (Å²) in [4.78, 5) is 27.2. The van der Waals surface area contributed by atoms with Crippen LogP contribution in [0.5, 0.6) is 0 Å². The molecular weight excluding hydrogens is 275 g/mol. The number of likely N-dealkylation sites (tertiary alicyclic amines) is 2. The maximum absolute atomic E-state index is 14.0. The van der Waals surface area contributed by atoms with Crippen molar-refractivity contribution in [2.24, 2.45) is 0 Å². The second-order valence-corrected chi connectivity index (χ2v) is 6.92. The maximum Gasteiger partial charge on any atom is 0.410 e. The molecule has 2 heterocycles. The fourth-order valence-corrected chi connectivity index (χ4v) is 2.93. The second-order valence-electron chi connectivity index (χ2n) is 6.92. The lowest BCUT2D eigenvalue weighted by atomic mass is 9.99. The van der Waals surface area contributed by atoms with E-state index in [1.165, 1.54) is 4.90 Å². The number of amides is 2. The molecule has 0 aromatic heterocycles. The molecule has 2 aliphatic rings. The first-order valence-corrected chi connectivity index (χ1v) is 7.68. The summed E-state index contributed by atoms with van der Waals surface area (Å²) in [5.41, 5.74) is -0.600. The van der Waals surface area contributed by atoms with E-state index in [-0.39, 0.29) is 18.5 Å². The van der Waals surface area contributed by atoms with Crippen molar-refractivity contribution in [2.45, 2.75) is 64.3 Å². The molecule has 2 amide bonds. The Hall–Kier alpha value is -1.33. The molecule has 0 spiro atoms. The van der Waals surface area contributed by atoms with Gasteiger partial charge in [-0.05, 0) is 33.6 Å². The number of carbonyl (C=O) groups excluding carboxylic acids is 2. The largest absolute Gasteiger partial charge is 0.444 e. The molecule has 2 saturated heterocycles. The Balaban J connectivity index is 2.01. The summed E-state index contributed by atoms with van der Waals surface area (Å²) in [5, 5.41) is 0. The van der Waals surface area contributed by atoms with Crippen LogP contribution in [0.15, 0.2) is 0 Å². The molecule has 2 rings (SSSR count). The molecule has 0 unspecified atom stereocenters. The second kappa shape index (κ2) is 6.20. The lowest BCUT2D eigenvalue weighted by Gasteiger charge is -2.42. The van der Waals surface area contributed by atoms with Crippen molar-refractivity contribution < 1.29 is 18.7 Å².